The standard InChI is InChI=1S/C28H34F2N6O2.2ClH/c1-18-26(24-9-6-10-31-24)34-36(22-7-4-3-5-8-22)27(18)33-28(37)32-25-17-35(11-12-38-2)16-23(25)19-13-20(29)15-21(30)14-19;;/h3-5,7-8,13-15,23-25,31H,6,9-12,16-17H2,1-2H3,(H2,32,33,37);2*1H/t23-,24?,25+;;/m0../s1. The van der Waals surface area contributed by atoms with Gasteiger partial charge in [0.25, 0.3) is 0 Å². The van der Waals surface area contributed by atoms with Crippen LogP contribution in [0.2, 0.25) is 0 Å². The number of urea groups is 1. The Kier molecular flexibility index (Phi) is 11.3. The molecule has 2 aliphatic rings. The number of rotatable bonds is 8. The minimum atomic E-state index is -0.631. The Balaban J connectivity index is 0.00000220. The fourth-order valence-corrected chi connectivity index (χ4v) is 5.54. The molecule has 2 saturated heterocycles. The molecule has 0 aliphatic carbocycles. The Labute approximate surface area is 245 Å². The first-order chi connectivity index (χ1) is 18.4. The lowest BCUT2D eigenvalue weighted by Crippen LogP contribution is -2.42. The van der Waals surface area contributed by atoms with Crippen LogP contribution in [0.15, 0.2) is 48.5 Å². The second-order valence-corrected chi connectivity index (χ2v) is 10.0. The number of ether oxygens (including phenoxy) is 1. The van der Waals surface area contributed by atoms with Crippen LogP contribution in [0.4, 0.5) is 19.4 Å². The zero-order valence-electron chi connectivity index (χ0n) is 22.5. The maximum Gasteiger partial charge on any atom is 0.320 e. The van der Waals surface area contributed by atoms with Gasteiger partial charge in [0.2, 0.25) is 0 Å². The number of hydrogen-bond donors (Lipinski definition) is 3. The monoisotopic (exact) mass is 596 g/mol. The van der Waals surface area contributed by atoms with E-state index < -0.39 is 17.7 Å². The van der Waals surface area contributed by atoms with Gasteiger partial charge in [0.15, 0.2) is 0 Å². The van der Waals surface area contributed by atoms with Crippen molar-refractivity contribution in [2.45, 2.75) is 37.8 Å². The number of likely N-dealkylation sites (tertiary alicyclic amines) is 1. The molecule has 0 saturated carbocycles. The van der Waals surface area contributed by atoms with Gasteiger partial charge in [-0.05, 0) is 56.1 Å². The number of aromatic nitrogens is 2. The van der Waals surface area contributed by atoms with Crippen molar-refractivity contribution in [3.63, 3.8) is 0 Å². The molecule has 2 fully saturated rings. The molecule has 2 aliphatic heterocycles. The molecule has 0 radical (unpaired) electrons. The number of methoxy groups -OCH3 is 1. The molecule has 5 rings (SSSR count). The molecule has 2 aromatic carbocycles. The van der Waals surface area contributed by atoms with E-state index in [0.29, 0.717) is 37.6 Å². The van der Waals surface area contributed by atoms with Crippen LogP contribution in [0.3, 0.4) is 0 Å². The molecule has 218 valence electrons. The molecule has 1 aromatic heterocycles. The number of halogens is 4. The zero-order chi connectivity index (χ0) is 26.6. The predicted octanol–water partition coefficient (Wildman–Crippen LogP) is 4.96. The van der Waals surface area contributed by atoms with E-state index in [9.17, 15) is 13.6 Å². The van der Waals surface area contributed by atoms with Crippen molar-refractivity contribution in [3.8, 4) is 5.69 Å². The van der Waals surface area contributed by atoms with Gasteiger partial charge in [-0.25, -0.2) is 18.3 Å². The number of benzene rings is 2. The van der Waals surface area contributed by atoms with Gasteiger partial charge in [0.05, 0.1) is 30.1 Å². The van der Waals surface area contributed by atoms with E-state index in [1.807, 2.05) is 37.3 Å². The Morgan fingerprint density at radius 3 is 2.50 bits per heavy atom. The lowest BCUT2D eigenvalue weighted by Gasteiger charge is -2.21. The molecular weight excluding hydrogens is 561 g/mol. The van der Waals surface area contributed by atoms with Gasteiger partial charge in [-0.15, -0.1) is 24.8 Å². The molecular formula is C28H36Cl2F2N6O2. The largest absolute Gasteiger partial charge is 0.383 e. The zero-order valence-corrected chi connectivity index (χ0v) is 24.2. The Bertz CT molecular complexity index is 1250. The van der Waals surface area contributed by atoms with Gasteiger partial charge in [-0.1, -0.05) is 18.2 Å². The highest BCUT2D eigenvalue weighted by Gasteiger charge is 2.35. The second kappa shape index (κ2) is 14.2. The summed E-state index contributed by atoms with van der Waals surface area (Å²) in [7, 11) is 1.63. The highest BCUT2D eigenvalue weighted by atomic mass is 35.5. The summed E-state index contributed by atoms with van der Waals surface area (Å²) < 4.78 is 35.1. The van der Waals surface area contributed by atoms with Crippen LogP contribution in [-0.2, 0) is 4.74 Å². The van der Waals surface area contributed by atoms with Gasteiger partial charge in [0, 0.05) is 44.3 Å². The molecule has 1 unspecified atom stereocenters. The lowest BCUT2D eigenvalue weighted by atomic mass is 9.94. The van der Waals surface area contributed by atoms with E-state index in [4.69, 9.17) is 9.84 Å². The average molecular weight is 598 g/mol. The topological polar surface area (TPSA) is 83.4 Å². The van der Waals surface area contributed by atoms with Gasteiger partial charge in [-0.3, -0.25) is 10.2 Å². The minimum absolute atomic E-state index is 0. The summed E-state index contributed by atoms with van der Waals surface area (Å²) in [4.78, 5) is 15.5. The summed E-state index contributed by atoms with van der Waals surface area (Å²) in [6, 6.07) is 12.6. The highest BCUT2D eigenvalue weighted by Crippen LogP contribution is 2.32. The van der Waals surface area contributed by atoms with Crippen molar-refractivity contribution in [1.82, 2.24) is 25.3 Å². The Morgan fingerprint density at radius 1 is 1.12 bits per heavy atom. The molecule has 0 bridgehead atoms. The quantitative estimate of drug-likeness (QED) is 0.342. The molecule has 3 N–H and O–H groups in total. The third kappa shape index (κ3) is 7.11. The maximum absolute atomic E-state index is 14.1. The Morgan fingerprint density at radius 2 is 1.85 bits per heavy atom. The van der Waals surface area contributed by atoms with Crippen LogP contribution in [0.1, 0.15) is 41.6 Å². The number of nitrogens with one attached hydrogen (secondary N) is 3. The fraction of sp³-hybridized carbons (Fsp3) is 0.429. The number of nitrogens with zero attached hydrogens (tertiary/aromatic N) is 3. The average Bonchev–Trinajstić information content (AvgIpc) is 3.63. The van der Waals surface area contributed by atoms with E-state index in [1.165, 1.54) is 12.1 Å². The normalized spacial score (nSPS) is 20.6. The molecule has 3 heterocycles. The lowest BCUT2D eigenvalue weighted by molar-refractivity contribution is 0.159. The van der Waals surface area contributed by atoms with E-state index in [0.717, 1.165) is 42.4 Å². The third-order valence-electron chi connectivity index (χ3n) is 7.42. The summed E-state index contributed by atoms with van der Waals surface area (Å²) >= 11 is 0. The van der Waals surface area contributed by atoms with Crippen LogP contribution >= 0.6 is 24.8 Å². The van der Waals surface area contributed by atoms with Crippen molar-refractivity contribution in [3.05, 3.63) is 77.0 Å². The number of anilines is 1. The van der Waals surface area contributed by atoms with Crippen molar-refractivity contribution >= 4 is 36.7 Å². The maximum atomic E-state index is 14.1. The van der Waals surface area contributed by atoms with Gasteiger partial charge >= 0.3 is 6.03 Å². The number of carbonyl (C=O) groups excluding carboxylic acids is 1. The minimum Gasteiger partial charge on any atom is -0.383 e. The first-order valence-electron chi connectivity index (χ1n) is 13.1. The second-order valence-electron chi connectivity index (χ2n) is 10.0. The number of carbonyl (C=O) groups is 1. The summed E-state index contributed by atoms with van der Waals surface area (Å²) in [5.41, 5.74) is 3.18. The molecule has 0 spiro atoms. The predicted molar refractivity (Wildman–Crippen MR) is 156 cm³/mol. The van der Waals surface area contributed by atoms with E-state index in [-0.39, 0.29) is 42.8 Å². The van der Waals surface area contributed by atoms with Gasteiger partial charge in [0.1, 0.15) is 17.5 Å². The summed E-state index contributed by atoms with van der Waals surface area (Å²) in [5, 5.41) is 14.5. The van der Waals surface area contributed by atoms with Crippen LogP contribution in [0.25, 0.3) is 5.69 Å². The highest BCUT2D eigenvalue weighted by molar-refractivity contribution is 5.90. The molecule has 2 amide bonds. The van der Waals surface area contributed by atoms with Crippen molar-refractivity contribution < 1.29 is 18.3 Å². The molecule has 12 heteroatoms. The van der Waals surface area contributed by atoms with E-state index >= 15 is 0 Å². The number of para-hydroxylation sites is 1. The Hall–Kier alpha value is -2.76. The van der Waals surface area contributed by atoms with Crippen LogP contribution in [0.5, 0.6) is 0 Å². The fourth-order valence-electron chi connectivity index (χ4n) is 5.54. The SMILES string of the molecule is COCCN1C[C@@H](NC(=O)Nc2c(C)c(C3CCCN3)nn2-c2ccccc2)[C@H](c2cc(F)cc(F)c2)C1.Cl.Cl. The number of amides is 2. The van der Waals surface area contributed by atoms with E-state index in [2.05, 4.69) is 20.9 Å². The van der Waals surface area contributed by atoms with Crippen LogP contribution < -0.4 is 16.0 Å². The molecule has 8 nitrogen and oxygen atoms in total. The van der Waals surface area contributed by atoms with Crippen LogP contribution in [-0.4, -0.2) is 66.6 Å². The van der Waals surface area contributed by atoms with Gasteiger partial charge < -0.3 is 15.4 Å². The van der Waals surface area contributed by atoms with E-state index in [1.54, 1.807) is 11.8 Å². The molecule has 3 atom stereocenters. The van der Waals surface area contributed by atoms with Crippen LogP contribution in [0, 0.1) is 18.6 Å². The third-order valence-corrected chi connectivity index (χ3v) is 7.42. The summed E-state index contributed by atoms with van der Waals surface area (Å²) in [5.74, 6) is -0.941. The molecule has 40 heavy (non-hydrogen) atoms. The van der Waals surface area contributed by atoms with Crippen molar-refractivity contribution in [2.24, 2.45) is 0 Å². The molecule has 3 aromatic rings. The smallest absolute Gasteiger partial charge is 0.320 e. The van der Waals surface area contributed by atoms with Gasteiger partial charge in [-0.2, -0.15) is 5.10 Å². The first-order valence-corrected chi connectivity index (χ1v) is 13.1. The van der Waals surface area contributed by atoms with Crippen molar-refractivity contribution in [2.75, 3.05) is 45.2 Å². The summed E-state index contributed by atoms with van der Waals surface area (Å²) in [6.07, 6.45) is 2.07. The summed E-state index contributed by atoms with van der Waals surface area (Å²) in [6.45, 7) is 5.18. The number of hydrogen-bond acceptors (Lipinski definition) is 5. The first kappa shape index (κ1) is 31.8. The van der Waals surface area contributed by atoms with Crippen molar-refractivity contribution in [1.29, 1.82) is 0 Å².